The van der Waals surface area contributed by atoms with Crippen LogP contribution in [-0.2, 0) is 17.6 Å². The van der Waals surface area contributed by atoms with Crippen molar-refractivity contribution >= 4 is 6.08 Å². The summed E-state index contributed by atoms with van der Waals surface area (Å²) in [5, 5.41) is 0. The van der Waals surface area contributed by atoms with Gasteiger partial charge in [-0.05, 0) is 105 Å². The molecular weight excluding hydrogens is 328 g/mol. The zero-order valence-corrected chi connectivity index (χ0v) is 17.0. The van der Waals surface area contributed by atoms with Crippen molar-refractivity contribution in [3.8, 4) is 0 Å². The number of allylic oxidation sites excluding steroid dienone is 1. The summed E-state index contributed by atoms with van der Waals surface area (Å²) in [7, 11) is 0. The van der Waals surface area contributed by atoms with Gasteiger partial charge < -0.3 is 4.74 Å². The van der Waals surface area contributed by atoms with Gasteiger partial charge in [-0.25, -0.2) is 0 Å². The van der Waals surface area contributed by atoms with Crippen molar-refractivity contribution in [1.82, 2.24) is 0 Å². The molecule has 2 saturated carbocycles. The highest BCUT2D eigenvalue weighted by atomic mass is 16.5. The average molecular weight is 365 g/mol. The molecule has 0 heterocycles. The highest BCUT2D eigenvalue weighted by molar-refractivity contribution is 5.50. The maximum absolute atomic E-state index is 6.08. The summed E-state index contributed by atoms with van der Waals surface area (Å²) in [5.74, 6) is 3.77. The van der Waals surface area contributed by atoms with Crippen molar-refractivity contribution in [2.45, 2.75) is 70.8 Å². The molecule has 0 radical (unpaired) electrons. The second-order valence-corrected chi connectivity index (χ2v) is 9.17. The SMILES string of the molecule is C=Cc1ccc2c(c1)CCC(C1CCC3CC(OCC=CC)CCC3C1)C2. The lowest BCUT2D eigenvalue weighted by molar-refractivity contribution is -0.0138. The topological polar surface area (TPSA) is 9.23 Å². The number of hydrogen-bond acceptors (Lipinski definition) is 1. The summed E-state index contributed by atoms with van der Waals surface area (Å²) in [6.45, 7) is 6.80. The van der Waals surface area contributed by atoms with Crippen molar-refractivity contribution in [2.24, 2.45) is 23.7 Å². The normalized spacial score (nSPS) is 33.4. The fourth-order valence-electron chi connectivity index (χ4n) is 6.08. The van der Waals surface area contributed by atoms with Crippen molar-refractivity contribution in [1.29, 1.82) is 0 Å². The van der Waals surface area contributed by atoms with Gasteiger partial charge >= 0.3 is 0 Å². The van der Waals surface area contributed by atoms with E-state index in [2.05, 4.69) is 43.9 Å². The molecule has 0 aliphatic heterocycles. The van der Waals surface area contributed by atoms with Gasteiger partial charge in [0.15, 0.2) is 0 Å². The molecule has 0 amide bonds. The summed E-state index contributed by atoms with van der Waals surface area (Å²) in [5.41, 5.74) is 4.47. The molecule has 5 atom stereocenters. The molecule has 1 aromatic rings. The van der Waals surface area contributed by atoms with Crippen molar-refractivity contribution < 1.29 is 4.74 Å². The van der Waals surface area contributed by atoms with Gasteiger partial charge in [0.1, 0.15) is 0 Å². The Balaban J connectivity index is 1.32. The van der Waals surface area contributed by atoms with Gasteiger partial charge in [-0.1, -0.05) is 43.0 Å². The van der Waals surface area contributed by atoms with Crippen LogP contribution in [0.4, 0.5) is 0 Å². The number of rotatable bonds is 5. The van der Waals surface area contributed by atoms with Crippen LogP contribution < -0.4 is 0 Å². The van der Waals surface area contributed by atoms with Gasteiger partial charge in [0.25, 0.3) is 0 Å². The van der Waals surface area contributed by atoms with Crippen LogP contribution in [0, 0.1) is 23.7 Å². The molecule has 1 heteroatoms. The molecule has 146 valence electrons. The molecule has 4 rings (SSSR count). The third-order valence-electron chi connectivity index (χ3n) is 7.67. The second-order valence-electron chi connectivity index (χ2n) is 9.17. The Morgan fingerprint density at radius 1 is 0.963 bits per heavy atom. The first-order valence-corrected chi connectivity index (χ1v) is 11.2. The van der Waals surface area contributed by atoms with Crippen LogP contribution in [0.3, 0.4) is 0 Å². The quantitative estimate of drug-likeness (QED) is 0.534. The molecule has 1 aromatic carbocycles. The molecular formula is C26H36O. The molecule has 0 bridgehead atoms. The van der Waals surface area contributed by atoms with E-state index in [0.717, 1.165) is 30.3 Å². The van der Waals surface area contributed by atoms with Gasteiger partial charge in [0, 0.05) is 0 Å². The minimum absolute atomic E-state index is 0.514. The number of hydrogen-bond donors (Lipinski definition) is 0. The molecule has 0 spiro atoms. The number of fused-ring (bicyclic) bond motifs is 2. The lowest BCUT2D eigenvalue weighted by Gasteiger charge is -2.44. The molecule has 3 aliphatic rings. The number of benzene rings is 1. The van der Waals surface area contributed by atoms with E-state index in [1.807, 2.05) is 6.08 Å². The zero-order valence-electron chi connectivity index (χ0n) is 17.0. The summed E-state index contributed by atoms with van der Waals surface area (Å²) in [6, 6.07) is 6.99. The van der Waals surface area contributed by atoms with Crippen molar-refractivity contribution in [2.75, 3.05) is 6.61 Å². The first-order chi connectivity index (χ1) is 13.3. The van der Waals surface area contributed by atoms with Crippen LogP contribution in [0.5, 0.6) is 0 Å². The largest absolute Gasteiger partial charge is 0.374 e. The van der Waals surface area contributed by atoms with Crippen LogP contribution in [0.25, 0.3) is 6.08 Å². The molecule has 3 aliphatic carbocycles. The summed E-state index contributed by atoms with van der Waals surface area (Å²) in [6.07, 6.45) is 19.1. The lowest BCUT2D eigenvalue weighted by atomic mass is 9.62. The summed E-state index contributed by atoms with van der Waals surface area (Å²) >= 11 is 0. The van der Waals surface area contributed by atoms with Crippen LogP contribution in [-0.4, -0.2) is 12.7 Å². The minimum atomic E-state index is 0.514. The fourth-order valence-corrected chi connectivity index (χ4v) is 6.08. The monoisotopic (exact) mass is 364 g/mol. The molecule has 27 heavy (non-hydrogen) atoms. The van der Waals surface area contributed by atoms with Crippen LogP contribution in [0.15, 0.2) is 36.9 Å². The molecule has 2 fully saturated rings. The Hall–Kier alpha value is -1.34. The fraction of sp³-hybridized carbons (Fsp3) is 0.615. The summed E-state index contributed by atoms with van der Waals surface area (Å²) in [4.78, 5) is 0. The smallest absolute Gasteiger partial charge is 0.0651 e. The Bertz CT molecular complexity index is 673. The Morgan fingerprint density at radius 3 is 2.56 bits per heavy atom. The number of ether oxygens (including phenoxy) is 1. The third-order valence-corrected chi connectivity index (χ3v) is 7.67. The van der Waals surface area contributed by atoms with Gasteiger partial charge in [-0.3, -0.25) is 0 Å². The Labute approximate surface area is 165 Å². The first kappa shape index (κ1) is 19.0. The maximum Gasteiger partial charge on any atom is 0.0651 e. The van der Waals surface area contributed by atoms with Gasteiger partial charge in [-0.2, -0.15) is 0 Å². The van der Waals surface area contributed by atoms with E-state index in [9.17, 15) is 0 Å². The predicted octanol–water partition coefficient (Wildman–Crippen LogP) is 6.61. The standard InChI is InChI=1S/C26H36O/c1-3-5-14-27-26-13-12-24-17-23(10-11-25(24)18-26)22-9-8-20-15-19(4-2)6-7-21(20)16-22/h3-7,15,22-26H,2,8-14,16-18H2,1H3. The van der Waals surface area contributed by atoms with Gasteiger partial charge in [0.05, 0.1) is 12.7 Å². The van der Waals surface area contributed by atoms with E-state index >= 15 is 0 Å². The van der Waals surface area contributed by atoms with E-state index in [4.69, 9.17) is 4.74 Å². The maximum atomic E-state index is 6.08. The first-order valence-electron chi connectivity index (χ1n) is 11.2. The average Bonchev–Trinajstić information content (AvgIpc) is 2.72. The van der Waals surface area contributed by atoms with Crippen molar-refractivity contribution in [3.05, 3.63) is 53.6 Å². The van der Waals surface area contributed by atoms with Crippen LogP contribution in [0.1, 0.15) is 68.6 Å². The highest BCUT2D eigenvalue weighted by Crippen LogP contribution is 2.47. The van der Waals surface area contributed by atoms with Gasteiger partial charge in [0.2, 0.25) is 0 Å². The molecule has 0 aromatic heterocycles. The van der Waals surface area contributed by atoms with E-state index in [0.29, 0.717) is 6.10 Å². The van der Waals surface area contributed by atoms with Crippen molar-refractivity contribution in [3.63, 3.8) is 0 Å². The molecule has 5 unspecified atom stereocenters. The predicted molar refractivity (Wildman–Crippen MR) is 115 cm³/mol. The Kier molecular flexibility index (Phi) is 6.18. The Morgan fingerprint density at radius 2 is 1.74 bits per heavy atom. The molecule has 0 saturated heterocycles. The van der Waals surface area contributed by atoms with E-state index in [1.54, 1.807) is 11.1 Å². The summed E-state index contributed by atoms with van der Waals surface area (Å²) < 4.78 is 6.08. The van der Waals surface area contributed by atoms with E-state index in [1.165, 1.54) is 63.4 Å². The lowest BCUT2D eigenvalue weighted by Crippen LogP contribution is -2.37. The molecule has 1 nitrogen and oxygen atoms in total. The van der Waals surface area contributed by atoms with Crippen LogP contribution >= 0.6 is 0 Å². The second kappa shape index (κ2) is 8.78. The van der Waals surface area contributed by atoms with Gasteiger partial charge in [-0.15, -0.1) is 0 Å². The zero-order chi connectivity index (χ0) is 18.6. The van der Waals surface area contributed by atoms with Crippen LogP contribution in [0.2, 0.25) is 0 Å². The minimum Gasteiger partial charge on any atom is -0.374 e. The van der Waals surface area contributed by atoms with E-state index in [-0.39, 0.29) is 0 Å². The molecule has 0 N–H and O–H groups in total. The highest BCUT2D eigenvalue weighted by Gasteiger charge is 2.38. The van der Waals surface area contributed by atoms with E-state index < -0.39 is 0 Å². The number of aryl methyl sites for hydroxylation is 1. The third kappa shape index (κ3) is 4.40.